The largest absolute Gasteiger partial charge is 0.506 e. The van der Waals surface area contributed by atoms with Gasteiger partial charge < -0.3 is 10.4 Å². The molecule has 1 aromatic carbocycles. The van der Waals surface area contributed by atoms with Crippen molar-refractivity contribution in [2.75, 3.05) is 5.32 Å². The van der Waals surface area contributed by atoms with Gasteiger partial charge in [0, 0.05) is 16.5 Å². The van der Waals surface area contributed by atoms with E-state index in [0.29, 0.717) is 23.0 Å². The second kappa shape index (κ2) is 4.14. The summed E-state index contributed by atoms with van der Waals surface area (Å²) in [5.41, 5.74) is 1.49. The van der Waals surface area contributed by atoms with Crippen molar-refractivity contribution >= 4 is 43.5 Å². The number of benzene rings is 1. The molecule has 5 heteroatoms. The number of rotatable bonds is 0. The van der Waals surface area contributed by atoms with E-state index in [2.05, 4.69) is 37.2 Å². The van der Waals surface area contributed by atoms with Gasteiger partial charge in [0.25, 0.3) is 0 Å². The summed E-state index contributed by atoms with van der Waals surface area (Å²) in [6.45, 7) is 0. The Morgan fingerprint density at radius 2 is 2.00 bits per heavy atom. The summed E-state index contributed by atoms with van der Waals surface area (Å²) in [5.74, 6) is 0.214. The molecule has 0 saturated carbocycles. The minimum absolute atomic E-state index is 0.00354. The molecule has 1 amide bonds. The van der Waals surface area contributed by atoms with Crippen molar-refractivity contribution in [1.29, 1.82) is 0 Å². The number of hydrogen-bond acceptors (Lipinski definition) is 2. The van der Waals surface area contributed by atoms with Crippen LogP contribution in [-0.4, -0.2) is 11.0 Å². The summed E-state index contributed by atoms with van der Waals surface area (Å²) in [4.78, 5) is 11.4. The third-order valence-corrected chi connectivity index (χ3v) is 3.63. The van der Waals surface area contributed by atoms with Crippen LogP contribution in [0.5, 0.6) is 5.75 Å². The minimum atomic E-state index is -0.00354. The van der Waals surface area contributed by atoms with E-state index in [1.54, 1.807) is 6.07 Å². The zero-order chi connectivity index (χ0) is 11.0. The summed E-state index contributed by atoms with van der Waals surface area (Å²) in [6.07, 6.45) is 1.96. The van der Waals surface area contributed by atoms with Crippen molar-refractivity contribution in [3.63, 3.8) is 0 Å². The summed E-state index contributed by atoms with van der Waals surface area (Å²) in [7, 11) is 0. The van der Waals surface area contributed by atoms with Gasteiger partial charge in [-0.1, -0.05) is 0 Å². The SMILES string of the molecule is O=C1CCCc2c(O)c(Br)cc(Br)c2N1. The zero-order valence-electron chi connectivity index (χ0n) is 7.81. The molecule has 0 unspecified atom stereocenters. The molecule has 0 saturated heterocycles. The van der Waals surface area contributed by atoms with Gasteiger partial charge in [-0.2, -0.15) is 0 Å². The van der Waals surface area contributed by atoms with Crippen LogP contribution < -0.4 is 5.32 Å². The Morgan fingerprint density at radius 1 is 1.27 bits per heavy atom. The van der Waals surface area contributed by atoms with Crippen LogP contribution in [0.4, 0.5) is 5.69 Å². The van der Waals surface area contributed by atoms with Gasteiger partial charge in [-0.05, 0) is 50.8 Å². The van der Waals surface area contributed by atoms with Gasteiger partial charge in [0.05, 0.1) is 10.2 Å². The normalized spacial score (nSPS) is 15.5. The van der Waals surface area contributed by atoms with Crippen molar-refractivity contribution < 1.29 is 9.90 Å². The molecular weight excluding hydrogens is 326 g/mol. The molecule has 15 heavy (non-hydrogen) atoms. The number of aromatic hydroxyl groups is 1. The number of phenolic OH excluding ortho intramolecular Hbond substituents is 1. The van der Waals surface area contributed by atoms with Crippen molar-refractivity contribution in [1.82, 2.24) is 0 Å². The lowest BCUT2D eigenvalue weighted by atomic mass is 10.1. The lowest BCUT2D eigenvalue weighted by molar-refractivity contribution is -0.116. The fourth-order valence-corrected chi connectivity index (χ4v) is 3.01. The lowest BCUT2D eigenvalue weighted by Gasteiger charge is -2.12. The highest BCUT2D eigenvalue weighted by Gasteiger charge is 2.20. The number of phenols is 1. The number of amides is 1. The summed E-state index contributed by atoms with van der Waals surface area (Å²) in [5, 5.41) is 12.7. The summed E-state index contributed by atoms with van der Waals surface area (Å²) in [6, 6.07) is 1.74. The number of carbonyl (C=O) groups excluding carboxylic acids is 1. The predicted octanol–water partition coefficient (Wildman–Crippen LogP) is 3.19. The predicted molar refractivity (Wildman–Crippen MR) is 65.1 cm³/mol. The molecule has 1 aliphatic heterocycles. The molecule has 0 radical (unpaired) electrons. The first-order valence-corrected chi connectivity index (χ1v) is 6.18. The van der Waals surface area contributed by atoms with Crippen LogP contribution in [0.3, 0.4) is 0 Å². The Balaban J connectivity index is 2.60. The second-order valence-electron chi connectivity index (χ2n) is 3.44. The van der Waals surface area contributed by atoms with Crippen molar-refractivity contribution in [3.05, 3.63) is 20.6 Å². The minimum Gasteiger partial charge on any atom is -0.506 e. The number of fused-ring (bicyclic) bond motifs is 1. The Hall–Kier alpha value is -0.550. The molecule has 1 heterocycles. The van der Waals surface area contributed by atoms with Gasteiger partial charge in [-0.3, -0.25) is 4.79 Å². The van der Waals surface area contributed by atoms with E-state index >= 15 is 0 Å². The number of carbonyl (C=O) groups is 1. The molecule has 2 rings (SSSR count). The Morgan fingerprint density at radius 3 is 2.73 bits per heavy atom. The van der Waals surface area contributed by atoms with Crippen LogP contribution in [0, 0.1) is 0 Å². The Kier molecular flexibility index (Phi) is 3.02. The first-order chi connectivity index (χ1) is 7.09. The van der Waals surface area contributed by atoms with Crippen molar-refractivity contribution in [2.45, 2.75) is 19.3 Å². The number of hydrogen-bond donors (Lipinski definition) is 2. The number of halogens is 2. The molecule has 2 N–H and O–H groups in total. The van der Waals surface area contributed by atoms with E-state index < -0.39 is 0 Å². The molecule has 0 spiro atoms. The summed E-state index contributed by atoms with van der Waals surface area (Å²) >= 11 is 6.65. The van der Waals surface area contributed by atoms with Crippen LogP contribution in [0.15, 0.2) is 15.0 Å². The van der Waals surface area contributed by atoms with E-state index in [1.165, 1.54) is 0 Å². The van der Waals surface area contributed by atoms with Gasteiger partial charge in [0.2, 0.25) is 5.91 Å². The maximum absolute atomic E-state index is 11.4. The summed E-state index contributed by atoms with van der Waals surface area (Å²) < 4.78 is 1.43. The topological polar surface area (TPSA) is 49.3 Å². The van der Waals surface area contributed by atoms with Gasteiger partial charge in [-0.15, -0.1) is 0 Å². The van der Waals surface area contributed by atoms with Crippen LogP contribution in [0.2, 0.25) is 0 Å². The molecule has 0 atom stereocenters. The quantitative estimate of drug-likeness (QED) is 0.765. The average molecular weight is 335 g/mol. The highest BCUT2D eigenvalue weighted by atomic mass is 79.9. The van der Waals surface area contributed by atoms with Crippen LogP contribution in [0.1, 0.15) is 18.4 Å². The fourth-order valence-electron chi connectivity index (χ4n) is 1.66. The highest BCUT2D eigenvalue weighted by molar-refractivity contribution is 9.11. The van der Waals surface area contributed by atoms with Gasteiger partial charge in [-0.25, -0.2) is 0 Å². The average Bonchev–Trinajstić information content (AvgIpc) is 2.37. The van der Waals surface area contributed by atoms with E-state index in [-0.39, 0.29) is 11.7 Å². The molecule has 0 aromatic heterocycles. The first-order valence-electron chi connectivity index (χ1n) is 4.59. The molecule has 1 aromatic rings. The van der Waals surface area contributed by atoms with Crippen LogP contribution >= 0.6 is 31.9 Å². The number of nitrogens with one attached hydrogen (secondary N) is 1. The zero-order valence-corrected chi connectivity index (χ0v) is 11.0. The van der Waals surface area contributed by atoms with Gasteiger partial charge >= 0.3 is 0 Å². The third-order valence-electron chi connectivity index (χ3n) is 2.40. The highest BCUT2D eigenvalue weighted by Crippen LogP contribution is 2.41. The molecule has 0 aliphatic carbocycles. The van der Waals surface area contributed by atoms with Gasteiger partial charge in [0.1, 0.15) is 5.75 Å². The molecule has 0 bridgehead atoms. The maximum atomic E-state index is 11.4. The van der Waals surface area contributed by atoms with Crippen molar-refractivity contribution in [2.24, 2.45) is 0 Å². The van der Waals surface area contributed by atoms with E-state index in [4.69, 9.17) is 0 Å². The molecule has 80 valence electrons. The van der Waals surface area contributed by atoms with Crippen LogP contribution in [-0.2, 0) is 11.2 Å². The molecule has 0 fully saturated rings. The third kappa shape index (κ3) is 2.03. The molecule has 3 nitrogen and oxygen atoms in total. The number of anilines is 1. The Labute approximate surface area is 104 Å². The maximum Gasteiger partial charge on any atom is 0.224 e. The smallest absolute Gasteiger partial charge is 0.224 e. The van der Waals surface area contributed by atoms with E-state index in [1.807, 2.05) is 0 Å². The monoisotopic (exact) mass is 333 g/mol. The standard InChI is InChI=1S/C10H9Br2NO2/c11-6-4-7(12)10(15)5-2-1-3-8(14)13-9(5)6/h4,15H,1-3H2,(H,13,14). The Bertz CT molecular complexity index is 432. The second-order valence-corrected chi connectivity index (χ2v) is 5.15. The fraction of sp³-hybridized carbons (Fsp3) is 0.300. The molecular formula is C10H9Br2NO2. The lowest BCUT2D eigenvalue weighted by Crippen LogP contribution is -2.09. The van der Waals surface area contributed by atoms with Crippen molar-refractivity contribution in [3.8, 4) is 5.75 Å². The first kappa shape index (κ1) is 11.0. The van der Waals surface area contributed by atoms with Crippen LogP contribution in [0.25, 0.3) is 0 Å². The molecule has 1 aliphatic rings. The van der Waals surface area contributed by atoms with E-state index in [0.717, 1.165) is 16.5 Å². The van der Waals surface area contributed by atoms with E-state index in [9.17, 15) is 9.90 Å². The van der Waals surface area contributed by atoms with Gasteiger partial charge in [0.15, 0.2) is 0 Å².